The number of nitrogens with zero attached hydrogens (tertiary/aromatic N) is 1. The maximum absolute atomic E-state index is 13.8. The Morgan fingerprint density at radius 1 is 0.824 bits per heavy atom. The molecular weight excluding hydrogens is 420 g/mol. The number of nitrogens with one attached hydrogen (secondary N) is 1. The Hall–Kier alpha value is -3.40. The van der Waals surface area contributed by atoms with Crippen molar-refractivity contribution in [1.29, 1.82) is 0 Å². The van der Waals surface area contributed by atoms with Crippen molar-refractivity contribution in [3.8, 4) is 0 Å². The van der Waals surface area contributed by atoms with Gasteiger partial charge in [0.05, 0.1) is 6.42 Å². The summed E-state index contributed by atoms with van der Waals surface area (Å²) in [5.41, 5.74) is 6.42. The molecule has 3 rings (SSSR count). The molecule has 178 valence electrons. The van der Waals surface area contributed by atoms with Crippen LogP contribution in [0.15, 0.2) is 72.8 Å². The van der Waals surface area contributed by atoms with Crippen LogP contribution in [0.4, 0.5) is 0 Å². The topological polar surface area (TPSA) is 49.4 Å². The van der Waals surface area contributed by atoms with Crippen LogP contribution < -0.4 is 5.32 Å². The molecule has 0 fully saturated rings. The molecule has 0 saturated heterocycles. The summed E-state index contributed by atoms with van der Waals surface area (Å²) in [7, 11) is 0. The average molecular weight is 457 g/mol. The molecule has 1 atom stereocenters. The summed E-state index contributed by atoms with van der Waals surface area (Å²) in [6.45, 7) is 10.4. The van der Waals surface area contributed by atoms with E-state index in [0.29, 0.717) is 13.0 Å². The number of aryl methyl sites for hydroxylation is 3. The first-order valence-corrected chi connectivity index (χ1v) is 12.0. The molecule has 0 aliphatic carbocycles. The minimum absolute atomic E-state index is 0.0133. The van der Waals surface area contributed by atoms with Gasteiger partial charge in [0, 0.05) is 19.0 Å². The van der Waals surface area contributed by atoms with E-state index in [0.717, 1.165) is 33.4 Å². The predicted octanol–water partition coefficient (Wildman–Crippen LogP) is 5.32. The number of rotatable bonds is 9. The number of benzene rings is 3. The van der Waals surface area contributed by atoms with E-state index in [9.17, 15) is 9.59 Å². The molecule has 0 radical (unpaired) electrons. The van der Waals surface area contributed by atoms with E-state index in [-0.39, 0.29) is 24.3 Å². The van der Waals surface area contributed by atoms with E-state index in [1.165, 1.54) is 0 Å². The molecule has 4 heteroatoms. The third-order valence-corrected chi connectivity index (χ3v) is 5.94. The second kappa shape index (κ2) is 11.6. The van der Waals surface area contributed by atoms with Crippen molar-refractivity contribution in [2.45, 2.75) is 66.1 Å². The number of carbonyl (C=O) groups excluding carboxylic acids is 2. The molecule has 4 nitrogen and oxygen atoms in total. The smallest absolute Gasteiger partial charge is 0.243 e. The zero-order chi connectivity index (χ0) is 24.7. The van der Waals surface area contributed by atoms with Gasteiger partial charge in [-0.2, -0.15) is 0 Å². The number of amides is 2. The first-order chi connectivity index (χ1) is 16.2. The SMILES string of the molecule is Cc1cc(C)cc(CC(=O)N(Cc2ccccc2C)C(Cc2ccccc2)C(=O)NC(C)C)c1. The molecule has 0 aliphatic heterocycles. The highest BCUT2D eigenvalue weighted by atomic mass is 16.2. The Bertz CT molecular complexity index is 1100. The lowest BCUT2D eigenvalue weighted by atomic mass is 9.99. The molecule has 2 amide bonds. The largest absolute Gasteiger partial charge is 0.352 e. The summed E-state index contributed by atoms with van der Waals surface area (Å²) in [5.74, 6) is -0.172. The standard InChI is InChI=1S/C30H36N2O2/c1-21(2)31-30(34)28(18-25-12-7-6-8-13-25)32(20-27-14-10-9-11-24(27)5)29(33)19-26-16-22(3)15-23(4)17-26/h6-17,21,28H,18-20H2,1-5H3,(H,31,34). The van der Waals surface area contributed by atoms with Gasteiger partial charge in [0.2, 0.25) is 11.8 Å². The lowest BCUT2D eigenvalue weighted by molar-refractivity contribution is -0.141. The fourth-order valence-corrected chi connectivity index (χ4v) is 4.35. The predicted molar refractivity (Wildman–Crippen MR) is 139 cm³/mol. The molecule has 3 aromatic carbocycles. The van der Waals surface area contributed by atoms with E-state index >= 15 is 0 Å². The van der Waals surface area contributed by atoms with Crippen molar-refractivity contribution in [3.63, 3.8) is 0 Å². The van der Waals surface area contributed by atoms with Crippen molar-refractivity contribution >= 4 is 11.8 Å². The van der Waals surface area contributed by atoms with Crippen molar-refractivity contribution in [1.82, 2.24) is 10.2 Å². The van der Waals surface area contributed by atoms with Crippen LogP contribution in [0.3, 0.4) is 0 Å². The molecule has 0 spiro atoms. The number of hydrogen-bond donors (Lipinski definition) is 1. The zero-order valence-corrected chi connectivity index (χ0v) is 21.0. The second-order valence-electron chi connectivity index (χ2n) is 9.49. The highest BCUT2D eigenvalue weighted by Gasteiger charge is 2.31. The van der Waals surface area contributed by atoms with E-state index in [4.69, 9.17) is 0 Å². The monoisotopic (exact) mass is 456 g/mol. The summed E-state index contributed by atoms with van der Waals surface area (Å²) < 4.78 is 0. The van der Waals surface area contributed by atoms with Gasteiger partial charge in [0.15, 0.2) is 0 Å². The molecule has 0 saturated carbocycles. The van der Waals surface area contributed by atoms with Crippen LogP contribution in [0.5, 0.6) is 0 Å². The zero-order valence-electron chi connectivity index (χ0n) is 21.0. The van der Waals surface area contributed by atoms with Gasteiger partial charge < -0.3 is 10.2 Å². The van der Waals surface area contributed by atoms with Gasteiger partial charge in [-0.15, -0.1) is 0 Å². The summed E-state index contributed by atoms with van der Waals surface area (Å²) >= 11 is 0. The highest BCUT2D eigenvalue weighted by molar-refractivity contribution is 5.89. The van der Waals surface area contributed by atoms with Gasteiger partial charge in [-0.3, -0.25) is 9.59 Å². The van der Waals surface area contributed by atoms with Crippen molar-refractivity contribution in [3.05, 3.63) is 106 Å². The van der Waals surface area contributed by atoms with E-state index in [2.05, 4.69) is 23.5 Å². The van der Waals surface area contributed by atoms with Crippen LogP contribution in [0, 0.1) is 20.8 Å². The Morgan fingerprint density at radius 2 is 1.44 bits per heavy atom. The summed E-state index contributed by atoms with van der Waals surface area (Å²) in [6, 6.07) is 23.6. The number of carbonyl (C=O) groups is 2. The van der Waals surface area contributed by atoms with E-state index in [1.54, 1.807) is 4.90 Å². The summed E-state index contributed by atoms with van der Waals surface area (Å²) in [5, 5.41) is 3.05. The Morgan fingerprint density at radius 3 is 2.06 bits per heavy atom. The van der Waals surface area contributed by atoms with Gasteiger partial charge in [0.1, 0.15) is 6.04 Å². The van der Waals surface area contributed by atoms with Crippen molar-refractivity contribution in [2.75, 3.05) is 0 Å². The summed E-state index contributed by atoms with van der Waals surface area (Å²) in [4.78, 5) is 29.0. The fourth-order valence-electron chi connectivity index (χ4n) is 4.35. The Kier molecular flexibility index (Phi) is 8.64. The minimum Gasteiger partial charge on any atom is -0.352 e. The lowest BCUT2D eigenvalue weighted by Crippen LogP contribution is -2.52. The molecule has 0 aromatic heterocycles. The minimum atomic E-state index is -0.609. The van der Waals surface area contributed by atoms with Gasteiger partial charge in [0.25, 0.3) is 0 Å². The normalized spacial score (nSPS) is 11.8. The van der Waals surface area contributed by atoms with Crippen LogP contribution in [-0.2, 0) is 29.0 Å². The third kappa shape index (κ3) is 7.05. The maximum atomic E-state index is 13.8. The molecule has 34 heavy (non-hydrogen) atoms. The molecule has 0 bridgehead atoms. The molecule has 1 unspecified atom stereocenters. The Balaban J connectivity index is 2.00. The van der Waals surface area contributed by atoms with Crippen molar-refractivity contribution in [2.24, 2.45) is 0 Å². The lowest BCUT2D eigenvalue weighted by Gasteiger charge is -2.32. The first kappa shape index (κ1) is 25.2. The van der Waals surface area contributed by atoms with Crippen LogP contribution >= 0.6 is 0 Å². The second-order valence-corrected chi connectivity index (χ2v) is 9.49. The third-order valence-electron chi connectivity index (χ3n) is 5.94. The van der Waals surface area contributed by atoms with Crippen LogP contribution in [0.2, 0.25) is 0 Å². The molecule has 1 N–H and O–H groups in total. The molecule has 0 heterocycles. The maximum Gasteiger partial charge on any atom is 0.243 e. The van der Waals surface area contributed by atoms with Crippen LogP contribution in [-0.4, -0.2) is 28.8 Å². The molecule has 0 aliphatic rings. The van der Waals surface area contributed by atoms with Gasteiger partial charge in [-0.05, 0) is 56.9 Å². The molecular formula is C30H36N2O2. The van der Waals surface area contributed by atoms with E-state index in [1.807, 2.05) is 89.2 Å². The van der Waals surface area contributed by atoms with Crippen LogP contribution in [0.1, 0.15) is 47.2 Å². The van der Waals surface area contributed by atoms with Gasteiger partial charge >= 0.3 is 0 Å². The highest BCUT2D eigenvalue weighted by Crippen LogP contribution is 2.19. The molecule has 3 aromatic rings. The van der Waals surface area contributed by atoms with Crippen molar-refractivity contribution < 1.29 is 9.59 Å². The first-order valence-electron chi connectivity index (χ1n) is 12.0. The quantitative estimate of drug-likeness (QED) is 0.474. The fraction of sp³-hybridized carbons (Fsp3) is 0.333. The average Bonchev–Trinajstić information content (AvgIpc) is 2.76. The summed E-state index contributed by atoms with van der Waals surface area (Å²) in [6.07, 6.45) is 0.721. The van der Waals surface area contributed by atoms with Gasteiger partial charge in [-0.25, -0.2) is 0 Å². The van der Waals surface area contributed by atoms with Gasteiger partial charge in [-0.1, -0.05) is 83.9 Å². The Labute approximate surface area is 204 Å². The number of hydrogen-bond acceptors (Lipinski definition) is 2. The van der Waals surface area contributed by atoms with Crippen LogP contribution in [0.25, 0.3) is 0 Å². The van der Waals surface area contributed by atoms with E-state index < -0.39 is 6.04 Å².